The Labute approximate surface area is 111 Å². The summed E-state index contributed by atoms with van der Waals surface area (Å²) in [5.74, 6) is 0. The molecule has 0 amide bonds. The van der Waals surface area contributed by atoms with Gasteiger partial charge < -0.3 is 10.2 Å². The smallest absolute Gasteiger partial charge is 0.208 e. The summed E-state index contributed by atoms with van der Waals surface area (Å²) in [6.45, 7) is 6.18. The van der Waals surface area contributed by atoms with Crippen molar-refractivity contribution < 1.29 is 0 Å². The van der Waals surface area contributed by atoms with E-state index in [0.717, 1.165) is 41.9 Å². The van der Waals surface area contributed by atoms with Crippen molar-refractivity contribution in [2.75, 3.05) is 31.1 Å². The zero-order valence-corrected chi connectivity index (χ0v) is 11.2. The minimum absolute atomic E-state index is 1.00. The Kier molecular flexibility index (Phi) is 3.25. The van der Waals surface area contributed by atoms with E-state index in [1.165, 1.54) is 5.56 Å². The molecule has 2 aromatic rings. The van der Waals surface area contributed by atoms with Crippen LogP contribution in [0.2, 0.25) is 0 Å². The summed E-state index contributed by atoms with van der Waals surface area (Å²) in [6.07, 6.45) is 0. The number of aryl methyl sites for hydroxylation is 1. The summed E-state index contributed by atoms with van der Waals surface area (Å²) in [5, 5.41) is 14.0. The first-order valence-corrected chi connectivity index (χ1v) is 7.01. The average Bonchev–Trinajstić information content (AvgIpc) is 2.90. The third kappa shape index (κ3) is 2.37. The van der Waals surface area contributed by atoms with E-state index in [2.05, 4.69) is 51.6 Å². The predicted molar refractivity (Wildman–Crippen MR) is 75.2 cm³/mol. The molecule has 18 heavy (non-hydrogen) atoms. The Balaban J connectivity index is 1.82. The lowest BCUT2D eigenvalue weighted by molar-refractivity contribution is 0.587. The van der Waals surface area contributed by atoms with Crippen molar-refractivity contribution >= 4 is 16.5 Å². The van der Waals surface area contributed by atoms with Gasteiger partial charge in [0.2, 0.25) is 5.13 Å². The second-order valence-electron chi connectivity index (χ2n) is 4.49. The maximum absolute atomic E-state index is 4.31. The summed E-state index contributed by atoms with van der Waals surface area (Å²) >= 11 is 1.67. The number of hydrogen-bond donors (Lipinski definition) is 1. The average molecular weight is 260 g/mol. The van der Waals surface area contributed by atoms with E-state index >= 15 is 0 Å². The first-order valence-electron chi connectivity index (χ1n) is 6.19. The van der Waals surface area contributed by atoms with Crippen molar-refractivity contribution in [1.29, 1.82) is 0 Å². The molecule has 3 rings (SSSR count). The van der Waals surface area contributed by atoms with Crippen LogP contribution in [-0.4, -0.2) is 36.4 Å². The van der Waals surface area contributed by atoms with Gasteiger partial charge in [-0.2, -0.15) is 0 Å². The van der Waals surface area contributed by atoms with Crippen LogP contribution >= 0.6 is 11.3 Å². The summed E-state index contributed by atoms with van der Waals surface area (Å²) < 4.78 is 0. The Hall–Kier alpha value is -1.46. The van der Waals surface area contributed by atoms with Crippen LogP contribution in [0, 0.1) is 6.92 Å². The van der Waals surface area contributed by atoms with Crippen LogP contribution in [-0.2, 0) is 0 Å². The highest BCUT2D eigenvalue weighted by molar-refractivity contribution is 7.18. The molecule has 1 aromatic carbocycles. The Morgan fingerprint density at radius 1 is 1.11 bits per heavy atom. The normalized spacial score (nSPS) is 15.9. The molecule has 0 aliphatic carbocycles. The lowest BCUT2D eigenvalue weighted by atomic mass is 10.2. The highest BCUT2D eigenvalue weighted by Gasteiger charge is 2.15. The van der Waals surface area contributed by atoms with Crippen LogP contribution < -0.4 is 10.2 Å². The van der Waals surface area contributed by atoms with Crippen LogP contribution in [0.25, 0.3) is 10.6 Å². The van der Waals surface area contributed by atoms with Gasteiger partial charge in [-0.05, 0) is 6.92 Å². The molecule has 1 saturated heterocycles. The number of aromatic nitrogens is 2. The van der Waals surface area contributed by atoms with Crippen LogP contribution in [0.3, 0.4) is 0 Å². The molecule has 2 heterocycles. The molecule has 0 unspecified atom stereocenters. The van der Waals surface area contributed by atoms with Gasteiger partial charge in [0.1, 0.15) is 5.01 Å². The molecular weight excluding hydrogens is 244 g/mol. The second-order valence-corrected chi connectivity index (χ2v) is 5.45. The van der Waals surface area contributed by atoms with Gasteiger partial charge in [-0.3, -0.25) is 0 Å². The number of anilines is 1. The maximum Gasteiger partial charge on any atom is 0.208 e. The fourth-order valence-corrected chi connectivity index (χ4v) is 2.91. The van der Waals surface area contributed by atoms with Gasteiger partial charge in [0.15, 0.2) is 0 Å². The summed E-state index contributed by atoms with van der Waals surface area (Å²) in [6, 6.07) is 8.44. The topological polar surface area (TPSA) is 41.1 Å². The molecule has 1 aliphatic rings. The van der Waals surface area contributed by atoms with Crippen molar-refractivity contribution in [2.24, 2.45) is 0 Å². The van der Waals surface area contributed by atoms with E-state index in [9.17, 15) is 0 Å². The number of piperazine rings is 1. The van der Waals surface area contributed by atoms with E-state index in [1.807, 2.05) is 0 Å². The van der Waals surface area contributed by atoms with Gasteiger partial charge in [0, 0.05) is 31.7 Å². The van der Waals surface area contributed by atoms with Gasteiger partial charge in [0.05, 0.1) is 0 Å². The minimum Gasteiger partial charge on any atom is -0.344 e. The fraction of sp³-hybridized carbons (Fsp3) is 0.385. The predicted octanol–water partition coefficient (Wildman–Crippen LogP) is 1.92. The van der Waals surface area contributed by atoms with Gasteiger partial charge in [0.25, 0.3) is 0 Å². The van der Waals surface area contributed by atoms with E-state index in [0.29, 0.717) is 0 Å². The zero-order chi connectivity index (χ0) is 12.4. The van der Waals surface area contributed by atoms with Crippen LogP contribution in [0.1, 0.15) is 5.56 Å². The summed E-state index contributed by atoms with van der Waals surface area (Å²) in [4.78, 5) is 2.30. The van der Waals surface area contributed by atoms with Crippen molar-refractivity contribution in [3.8, 4) is 10.6 Å². The van der Waals surface area contributed by atoms with Crippen molar-refractivity contribution in [2.45, 2.75) is 6.92 Å². The molecular formula is C13H16N4S. The van der Waals surface area contributed by atoms with Crippen molar-refractivity contribution in [3.05, 3.63) is 29.8 Å². The molecule has 0 spiro atoms. The minimum atomic E-state index is 1.00. The third-order valence-electron chi connectivity index (χ3n) is 3.10. The first kappa shape index (κ1) is 11.6. The maximum atomic E-state index is 4.31. The largest absolute Gasteiger partial charge is 0.344 e. The van der Waals surface area contributed by atoms with Gasteiger partial charge in [-0.15, -0.1) is 10.2 Å². The highest BCUT2D eigenvalue weighted by atomic mass is 32.1. The Bertz CT molecular complexity index is 514. The number of rotatable bonds is 2. The van der Waals surface area contributed by atoms with Crippen molar-refractivity contribution in [3.63, 3.8) is 0 Å². The number of nitrogens with zero attached hydrogens (tertiary/aromatic N) is 3. The van der Waals surface area contributed by atoms with E-state index < -0.39 is 0 Å². The lowest BCUT2D eigenvalue weighted by Crippen LogP contribution is -2.43. The Morgan fingerprint density at radius 2 is 1.83 bits per heavy atom. The molecule has 1 aromatic heterocycles. The summed E-state index contributed by atoms with van der Waals surface area (Å²) in [7, 11) is 0. The molecule has 4 nitrogen and oxygen atoms in total. The zero-order valence-electron chi connectivity index (χ0n) is 10.4. The molecule has 0 saturated carbocycles. The number of benzene rings is 1. The molecule has 0 radical (unpaired) electrons. The second kappa shape index (κ2) is 5.04. The van der Waals surface area contributed by atoms with E-state index in [-0.39, 0.29) is 0 Å². The molecule has 0 bridgehead atoms. The van der Waals surface area contributed by atoms with Gasteiger partial charge in [-0.25, -0.2) is 0 Å². The standard InChI is InChI=1S/C13H16N4S/c1-10-2-4-11(5-3-10)12-15-16-13(18-12)17-8-6-14-7-9-17/h2-5,14H,6-9H2,1H3. The molecule has 1 fully saturated rings. The molecule has 1 N–H and O–H groups in total. The lowest BCUT2D eigenvalue weighted by Gasteiger charge is -2.26. The molecule has 1 aliphatic heterocycles. The summed E-state index contributed by atoms with van der Waals surface area (Å²) in [5.41, 5.74) is 2.42. The van der Waals surface area contributed by atoms with Crippen molar-refractivity contribution in [1.82, 2.24) is 15.5 Å². The third-order valence-corrected chi connectivity index (χ3v) is 4.13. The van der Waals surface area contributed by atoms with Crippen LogP contribution in [0.4, 0.5) is 5.13 Å². The SMILES string of the molecule is Cc1ccc(-c2nnc(N3CCNCC3)s2)cc1. The molecule has 0 atom stereocenters. The highest BCUT2D eigenvalue weighted by Crippen LogP contribution is 2.28. The van der Waals surface area contributed by atoms with E-state index in [4.69, 9.17) is 0 Å². The fourth-order valence-electron chi connectivity index (χ4n) is 2.01. The molecule has 94 valence electrons. The van der Waals surface area contributed by atoms with Crippen LogP contribution in [0.5, 0.6) is 0 Å². The number of nitrogens with one attached hydrogen (secondary N) is 1. The monoisotopic (exact) mass is 260 g/mol. The van der Waals surface area contributed by atoms with Crippen LogP contribution in [0.15, 0.2) is 24.3 Å². The quantitative estimate of drug-likeness (QED) is 0.895. The van der Waals surface area contributed by atoms with Gasteiger partial charge >= 0.3 is 0 Å². The molecule has 5 heteroatoms. The van der Waals surface area contributed by atoms with E-state index in [1.54, 1.807) is 11.3 Å². The Morgan fingerprint density at radius 3 is 2.56 bits per heavy atom. The first-order chi connectivity index (χ1) is 8.83. The number of hydrogen-bond acceptors (Lipinski definition) is 5. The van der Waals surface area contributed by atoms with Gasteiger partial charge in [-0.1, -0.05) is 41.2 Å².